The monoisotopic (exact) mass is 232 g/mol. The van der Waals surface area contributed by atoms with Crippen LogP contribution in [0.5, 0.6) is 0 Å². The standard InChI is InChI=1S/C11H24N2OS/c1-9(2)8-13(6-4-10(3)14)7-5-11(12)15/h9-10,14H,4-8H2,1-3H3,(H2,12,15). The lowest BCUT2D eigenvalue weighted by atomic mass is 10.2. The Bertz CT molecular complexity index is 183. The second-order valence-corrected chi connectivity index (χ2v) is 5.07. The van der Waals surface area contributed by atoms with Crippen molar-refractivity contribution < 1.29 is 5.11 Å². The molecule has 0 aliphatic heterocycles. The van der Waals surface area contributed by atoms with E-state index in [0.29, 0.717) is 10.9 Å². The van der Waals surface area contributed by atoms with Crippen molar-refractivity contribution in [1.82, 2.24) is 4.90 Å². The van der Waals surface area contributed by atoms with Gasteiger partial charge in [0.15, 0.2) is 0 Å². The van der Waals surface area contributed by atoms with Crippen LogP contribution in [-0.4, -0.2) is 40.7 Å². The molecule has 0 aromatic carbocycles. The van der Waals surface area contributed by atoms with Crippen molar-refractivity contribution in [3.8, 4) is 0 Å². The molecule has 0 saturated carbocycles. The van der Waals surface area contributed by atoms with E-state index in [9.17, 15) is 5.11 Å². The van der Waals surface area contributed by atoms with Crippen LogP contribution in [0.2, 0.25) is 0 Å². The van der Waals surface area contributed by atoms with Crippen molar-refractivity contribution in [2.45, 2.75) is 39.7 Å². The van der Waals surface area contributed by atoms with Gasteiger partial charge in [0.05, 0.1) is 11.1 Å². The van der Waals surface area contributed by atoms with Crippen LogP contribution in [0.4, 0.5) is 0 Å². The fraction of sp³-hybridized carbons (Fsp3) is 0.909. The molecule has 90 valence electrons. The van der Waals surface area contributed by atoms with Crippen LogP contribution in [0.3, 0.4) is 0 Å². The summed E-state index contributed by atoms with van der Waals surface area (Å²) in [5.41, 5.74) is 5.48. The zero-order valence-electron chi connectivity index (χ0n) is 10.1. The Morgan fingerprint density at radius 3 is 2.33 bits per heavy atom. The average Bonchev–Trinajstić information content (AvgIpc) is 2.08. The number of hydrogen-bond acceptors (Lipinski definition) is 3. The van der Waals surface area contributed by atoms with Crippen LogP contribution in [0, 0.1) is 5.92 Å². The Morgan fingerprint density at radius 1 is 1.33 bits per heavy atom. The van der Waals surface area contributed by atoms with Gasteiger partial charge in [-0.2, -0.15) is 0 Å². The zero-order chi connectivity index (χ0) is 11.8. The Morgan fingerprint density at radius 2 is 1.93 bits per heavy atom. The molecule has 3 nitrogen and oxygen atoms in total. The number of aliphatic hydroxyl groups is 1. The summed E-state index contributed by atoms with van der Waals surface area (Å²) in [6.45, 7) is 9.06. The van der Waals surface area contributed by atoms with Gasteiger partial charge in [0, 0.05) is 26.1 Å². The fourth-order valence-corrected chi connectivity index (χ4v) is 1.54. The third kappa shape index (κ3) is 10.1. The van der Waals surface area contributed by atoms with Crippen LogP contribution < -0.4 is 5.73 Å². The van der Waals surface area contributed by atoms with Crippen LogP contribution in [0.25, 0.3) is 0 Å². The average molecular weight is 232 g/mol. The summed E-state index contributed by atoms with van der Waals surface area (Å²) in [6, 6.07) is 0. The lowest BCUT2D eigenvalue weighted by molar-refractivity contribution is 0.151. The van der Waals surface area contributed by atoms with Crippen LogP contribution in [-0.2, 0) is 0 Å². The molecule has 1 unspecified atom stereocenters. The SMILES string of the molecule is CC(C)CN(CCC(N)=S)CCC(C)O. The van der Waals surface area contributed by atoms with Gasteiger partial charge in [0.25, 0.3) is 0 Å². The zero-order valence-corrected chi connectivity index (χ0v) is 10.9. The van der Waals surface area contributed by atoms with E-state index in [1.54, 1.807) is 0 Å². The van der Waals surface area contributed by atoms with E-state index < -0.39 is 0 Å². The van der Waals surface area contributed by atoms with Gasteiger partial charge in [0.2, 0.25) is 0 Å². The van der Waals surface area contributed by atoms with Gasteiger partial charge in [0.1, 0.15) is 0 Å². The third-order valence-corrected chi connectivity index (χ3v) is 2.37. The molecule has 0 rings (SSSR count). The van der Waals surface area contributed by atoms with Crippen molar-refractivity contribution in [3.05, 3.63) is 0 Å². The van der Waals surface area contributed by atoms with Gasteiger partial charge in [-0.25, -0.2) is 0 Å². The molecule has 0 saturated heterocycles. The molecular formula is C11H24N2OS. The second-order valence-electron chi connectivity index (χ2n) is 4.55. The number of hydrogen-bond donors (Lipinski definition) is 2. The van der Waals surface area contributed by atoms with Gasteiger partial charge in [-0.15, -0.1) is 0 Å². The van der Waals surface area contributed by atoms with E-state index in [1.807, 2.05) is 6.92 Å². The highest BCUT2D eigenvalue weighted by Crippen LogP contribution is 2.03. The summed E-state index contributed by atoms with van der Waals surface area (Å²) in [5.74, 6) is 0.630. The predicted octanol–water partition coefficient (Wildman–Crippen LogP) is 1.39. The van der Waals surface area contributed by atoms with Gasteiger partial charge < -0.3 is 15.7 Å². The Labute approximate surface area is 98.6 Å². The largest absolute Gasteiger partial charge is 0.393 e. The first-order valence-corrected chi connectivity index (χ1v) is 6.01. The van der Waals surface area contributed by atoms with E-state index in [0.717, 1.165) is 32.5 Å². The van der Waals surface area contributed by atoms with E-state index >= 15 is 0 Å². The lowest BCUT2D eigenvalue weighted by Gasteiger charge is -2.24. The summed E-state index contributed by atoms with van der Waals surface area (Å²) in [6.07, 6.45) is 1.34. The van der Waals surface area contributed by atoms with Crippen LogP contribution in [0.1, 0.15) is 33.6 Å². The van der Waals surface area contributed by atoms with Crippen LogP contribution in [0.15, 0.2) is 0 Å². The predicted molar refractivity (Wildman–Crippen MR) is 69.0 cm³/mol. The molecule has 0 fully saturated rings. The molecule has 0 aliphatic carbocycles. The maximum Gasteiger partial charge on any atom is 0.0740 e. The quantitative estimate of drug-likeness (QED) is 0.621. The molecule has 0 spiro atoms. The number of rotatable bonds is 8. The molecule has 15 heavy (non-hydrogen) atoms. The number of nitrogens with two attached hydrogens (primary N) is 1. The Balaban J connectivity index is 3.89. The van der Waals surface area contributed by atoms with E-state index in [1.165, 1.54) is 0 Å². The van der Waals surface area contributed by atoms with Crippen LogP contribution >= 0.6 is 12.2 Å². The van der Waals surface area contributed by atoms with E-state index in [2.05, 4.69) is 18.7 Å². The topological polar surface area (TPSA) is 49.5 Å². The molecule has 4 heteroatoms. The third-order valence-electron chi connectivity index (χ3n) is 2.16. The molecule has 0 aromatic rings. The molecule has 0 radical (unpaired) electrons. The lowest BCUT2D eigenvalue weighted by Crippen LogP contribution is -2.33. The number of nitrogens with zero attached hydrogens (tertiary/aromatic N) is 1. The smallest absolute Gasteiger partial charge is 0.0740 e. The highest BCUT2D eigenvalue weighted by Gasteiger charge is 2.08. The molecule has 0 bridgehead atoms. The van der Waals surface area contributed by atoms with Gasteiger partial charge in [-0.3, -0.25) is 0 Å². The minimum Gasteiger partial charge on any atom is -0.393 e. The summed E-state index contributed by atoms with van der Waals surface area (Å²) in [5, 5.41) is 9.24. The Kier molecular flexibility index (Phi) is 7.92. The second kappa shape index (κ2) is 8.02. The van der Waals surface area contributed by atoms with Crippen molar-refractivity contribution in [2.75, 3.05) is 19.6 Å². The first kappa shape index (κ1) is 14.8. The minimum absolute atomic E-state index is 0.232. The molecule has 0 amide bonds. The van der Waals surface area contributed by atoms with Crippen molar-refractivity contribution >= 4 is 17.2 Å². The van der Waals surface area contributed by atoms with Crippen molar-refractivity contribution in [2.24, 2.45) is 11.7 Å². The minimum atomic E-state index is -0.232. The van der Waals surface area contributed by atoms with Crippen molar-refractivity contribution in [3.63, 3.8) is 0 Å². The fourth-order valence-electron chi connectivity index (χ4n) is 1.45. The van der Waals surface area contributed by atoms with Crippen molar-refractivity contribution in [1.29, 1.82) is 0 Å². The highest BCUT2D eigenvalue weighted by atomic mass is 32.1. The summed E-state index contributed by atoms with van der Waals surface area (Å²) >= 11 is 4.86. The number of aliphatic hydroxyl groups excluding tert-OH is 1. The summed E-state index contributed by atoms with van der Waals surface area (Å²) in [4.78, 5) is 2.89. The van der Waals surface area contributed by atoms with E-state index in [4.69, 9.17) is 18.0 Å². The highest BCUT2D eigenvalue weighted by molar-refractivity contribution is 7.80. The van der Waals surface area contributed by atoms with Gasteiger partial charge in [-0.05, 0) is 19.3 Å². The molecular weight excluding hydrogens is 208 g/mol. The first-order chi connectivity index (χ1) is 6.91. The molecule has 0 aliphatic rings. The molecule has 3 N–H and O–H groups in total. The Hall–Kier alpha value is -0.190. The molecule has 0 heterocycles. The summed E-state index contributed by atoms with van der Waals surface area (Å²) in [7, 11) is 0. The first-order valence-electron chi connectivity index (χ1n) is 5.60. The van der Waals surface area contributed by atoms with Gasteiger partial charge in [-0.1, -0.05) is 26.1 Å². The van der Waals surface area contributed by atoms with Gasteiger partial charge >= 0.3 is 0 Å². The molecule has 1 atom stereocenters. The van der Waals surface area contributed by atoms with E-state index in [-0.39, 0.29) is 6.10 Å². The summed E-state index contributed by atoms with van der Waals surface area (Å²) < 4.78 is 0. The number of thiocarbonyl (C=S) groups is 1. The normalized spacial score (nSPS) is 13.5. The maximum atomic E-state index is 9.24. The molecule has 0 aromatic heterocycles. The maximum absolute atomic E-state index is 9.24.